The number of ketones is 1. The maximum Gasteiger partial charge on any atom is 0.189 e. The number of rotatable bonds is 5. The summed E-state index contributed by atoms with van der Waals surface area (Å²) in [5.41, 5.74) is 3.06. The summed E-state index contributed by atoms with van der Waals surface area (Å²) in [5, 5.41) is 0. The lowest BCUT2D eigenvalue weighted by atomic mass is 9.88. The van der Waals surface area contributed by atoms with Crippen molar-refractivity contribution < 1.29 is 14.0 Å². The molecular weight excluding hydrogens is 327 g/mol. The smallest absolute Gasteiger partial charge is 0.189 e. The molecule has 0 N–H and O–H groups in total. The lowest BCUT2D eigenvalue weighted by Crippen LogP contribution is -2.06. The molecule has 0 fully saturated rings. The molecule has 0 amide bonds. The van der Waals surface area contributed by atoms with E-state index < -0.39 is 5.82 Å². The number of Topliss-reactive ketones (excluding diaryl/α,β-unsaturated/α-hetero) is 1. The first-order chi connectivity index (χ1) is 12.6. The van der Waals surface area contributed by atoms with Crippen LogP contribution in [0.1, 0.15) is 38.8 Å². The van der Waals surface area contributed by atoms with Gasteiger partial charge in [0.05, 0.1) is 0 Å². The molecule has 3 aromatic carbocycles. The Labute approximate surface area is 151 Å². The molecule has 0 radical (unpaired) electrons. The number of hydrogen-bond acceptors (Lipinski definition) is 2. The highest BCUT2D eigenvalue weighted by Crippen LogP contribution is 2.31. The van der Waals surface area contributed by atoms with Crippen molar-refractivity contribution in [1.29, 1.82) is 0 Å². The van der Waals surface area contributed by atoms with E-state index in [1.54, 1.807) is 31.2 Å². The number of aldehydes is 1. The van der Waals surface area contributed by atoms with Gasteiger partial charge in [-0.1, -0.05) is 60.7 Å². The predicted octanol–water partition coefficient (Wildman–Crippen LogP) is 5.34. The molecule has 0 aromatic heterocycles. The van der Waals surface area contributed by atoms with Gasteiger partial charge in [0.1, 0.15) is 5.82 Å². The fourth-order valence-electron chi connectivity index (χ4n) is 2.95. The summed E-state index contributed by atoms with van der Waals surface area (Å²) in [5.74, 6) is -0.621. The van der Waals surface area contributed by atoms with Gasteiger partial charge in [-0.2, -0.15) is 0 Å². The number of hydrogen-bond donors (Lipinski definition) is 0. The zero-order chi connectivity index (χ0) is 18.5. The van der Waals surface area contributed by atoms with Gasteiger partial charge in [-0.05, 0) is 41.8 Å². The van der Waals surface area contributed by atoms with E-state index in [1.807, 2.05) is 36.4 Å². The van der Waals surface area contributed by atoms with Crippen molar-refractivity contribution in [2.24, 2.45) is 0 Å². The van der Waals surface area contributed by atoms with E-state index in [0.717, 1.165) is 5.56 Å². The van der Waals surface area contributed by atoms with Gasteiger partial charge >= 0.3 is 0 Å². The maximum absolute atomic E-state index is 13.9. The van der Waals surface area contributed by atoms with Crippen LogP contribution in [0.5, 0.6) is 0 Å². The van der Waals surface area contributed by atoms with E-state index in [9.17, 15) is 14.0 Å². The molecular formula is C23H17FO2. The number of allylic oxidation sites excluding steroid dienone is 1. The first-order valence-corrected chi connectivity index (χ1v) is 8.23. The summed E-state index contributed by atoms with van der Waals surface area (Å²) in [7, 11) is 0. The molecule has 2 nitrogen and oxygen atoms in total. The largest absolute Gasteiger partial charge is 0.298 e. The molecule has 0 spiro atoms. The molecule has 3 rings (SSSR count). The van der Waals surface area contributed by atoms with Gasteiger partial charge in [0.15, 0.2) is 12.1 Å². The van der Waals surface area contributed by atoms with E-state index in [0.29, 0.717) is 34.1 Å². The van der Waals surface area contributed by atoms with Crippen LogP contribution >= 0.6 is 0 Å². The Kier molecular flexibility index (Phi) is 5.18. The van der Waals surface area contributed by atoms with E-state index in [1.165, 1.54) is 18.2 Å². The van der Waals surface area contributed by atoms with Crippen LogP contribution in [-0.4, -0.2) is 12.1 Å². The second-order valence-electron chi connectivity index (χ2n) is 5.91. The van der Waals surface area contributed by atoms with Crippen molar-refractivity contribution >= 4 is 17.6 Å². The van der Waals surface area contributed by atoms with Crippen LogP contribution in [0.2, 0.25) is 0 Å². The van der Waals surface area contributed by atoms with Crippen molar-refractivity contribution in [1.82, 2.24) is 0 Å². The molecule has 0 saturated carbocycles. The highest BCUT2D eigenvalue weighted by Gasteiger charge is 2.19. The highest BCUT2D eigenvalue weighted by atomic mass is 19.1. The molecule has 0 heterocycles. The second-order valence-corrected chi connectivity index (χ2v) is 5.91. The molecule has 0 unspecified atom stereocenters. The Morgan fingerprint density at radius 1 is 0.846 bits per heavy atom. The normalized spacial score (nSPS) is 11.6. The van der Waals surface area contributed by atoms with Gasteiger partial charge < -0.3 is 0 Å². The minimum atomic E-state index is -0.459. The van der Waals surface area contributed by atoms with Crippen LogP contribution in [0, 0.1) is 5.82 Å². The van der Waals surface area contributed by atoms with Crippen LogP contribution in [0.3, 0.4) is 0 Å². The lowest BCUT2D eigenvalue weighted by molar-refractivity contribution is 0.103. The predicted molar refractivity (Wildman–Crippen MR) is 101 cm³/mol. The average Bonchev–Trinajstić information content (AvgIpc) is 2.69. The fraction of sp³-hybridized carbons (Fsp3) is 0.0435. The van der Waals surface area contributed by atoms with E-state index in [-0.39, 0.29) is 5.78 Å². The van der Waals surface area contributed by atoms with Gasteiger partial charge in [0.25, 0.3) is 0 Å². The van der Waals surface area contributed by atoms with Crippen molar-refractivity contribution in [2.45, 2.75) is 6.92 Å². The van der Waals surface area contributed by atoms with Crippen LogP contribution in [0.25, 0.3) is 5.57 Å². The molecule has 3 heteroatoms. The third-order valence-electron chi connectivity index (χ3n) is 4.23. The second kappa shape index (κ2) is 7.70. The Bertz CT molecular complexity index is 974. The van der Waals surface area contributed by atoms with E-state index in [2.05, 4.69) is 0 Å². The Hall–Kier alpha value is -3.33. The number of carbonyl (C=O) groups is 2. The van der Waals surface area contributed by atoms with Crippen LogP contribution < -0.4 is 0 Å². The van der Waals surface area contributed by atoms with Crippen molar-refractivity contribution in [2.75, 3.05) is 0 Å². The van der Waals surface area contributed by atoms with Crippen LogP contribution in [0.4, 0.5) is 4.39 Å². The van der Waals surface area contributed by atoms with E-state index >= 15 is 0 Å². The van der Waals surface area contributed by atoms with Crippen LogP contribution in [-0.2, 0) is 0 Å². The summed E-state index contributed by atoms with van der Waals surface area (Å²) in [6.07, 6.45) is 0.679. The van der Waals surface area contributed by atoms with Crippen molar-refractivity contribution in [3.05, 3.63) is 113 Å². The first-order valence-electron chi connectivity index (χ1n) is 8.23. The summed E-state index contributed by atoms with van der Waals surface area (Å²) >= 11 is 0. The Morgan fingerprint density at radius 3 is 2.00 bits per heavy atom. The summed E-state index contributed by atoms with van der Waals surface area (Å²) in [4.78, 5) is 24.5. The van der Waals surface area contributed by atoms with Crippen molar-refractivity contribution in [3.8, 4) is 0 Å². The molecule has 128 valence electrons. The summed E-state index contributed by atoms with van der Waals surface area (Å²) in [6.45, 7) is 1.71. The monoisotopic (exact) mass is 344 g/mol. The fourth-order valence-corrected chi connectivity index (χ4v) is 2.95. The molecule has 0 bridgehead atoms. The minimum Gasteiger partial charge on any atom is -0.298 e. The topological polar surface area (TPSA) is 34.1 Å². The molecule has 0 saturated heterocycles. The number of carbonyl (C=O) groups excluding carboxylic acids is 2. The van der Waals surface area contributed by atoms with Gasteiger partial charge in [0.2, 0.25) is 0 Å². The molecule has 0 aliphatic rings. The standard InChI is InChI=1S/C23H17FO2/c1-16(23(26)18-10-6-3-7-11-18)22(17-8-4-2-5-9-17)21-14-20(24)13-12-19(21)15-25/h2-15H,1H3/b22-16-. The molecule has 0 atom stereocenters. The van der Waals surface area contributed by atoms with Crippen molar-refractivity contribution in [3.63, 3.8) is 0 Å². The Morgan fingerprint density at radius 2 is 1.42 bits per heavy atom. The summed E-state index contributed by atoms with van der Waals surface area (Å²) < 4.78 is 13.9. The van der Waals surface area contributed by atoms with Gasteiger partial charge in [0, 0.05) is 16.7 Å². The molecule has 3 aromatic rings. The zero-order valence-electron chi connectivity index (χ0n) is 14.3. The molecule has 0 aliphatic carbocycles. The average molecular weight is 344 g/mol. The van der Waals surface area contributed by atoms with Crippen LogP contribution in [0.15, 0.2) is 84.4 Å². The third-order valence-corrected chi connectivity index (χ3v) is 4.23. The third kappa shape index (κ3) is 3.52. The van der Waals surface area contributed by atoms with Gasteiger partial charge in [-0.3, -0.25) is 9.59 Å². The maximum atomic E-state index is 13.9. The molecule has 26 heavy (non-hydrogen) atoms. The zero-order valence-corrected chi connectivity index (χ0v) is 14.3. The quantitative estimate of drug-likeness (QED) is 0.355. The number of halogens is 1. The summed E-state index contributed by atoms with van der Waals surface area (Å²) in [6, 6.07) is 22.1. The van der Waals surface area contributed by atoms with E-state index in [4.69, 9.17) is 0 Å². The highest BCUT2D eigenvalue weighted by molar-refractivity contribution is 6.15. The SMILES string of the molecule is C/C(C(=O)c1ccccc1)=C(\c1ccccc1)c1cc(F)ccc1C=O. The number of benzene rings is 3. The van der Waals surface area contributed by atoms with Gasteiger partial charge in [-0.15, -0.1) is 0 Å². The first kappa shape index (κ1) is 17.5. The van der Waals surface area contributed by atoms with Gasteiger partial charge in [-0.25, -0.2) is 4.39 Å². The minimum absolute atomic E-state index is 0.162. The molecule has 0 aliphatic heterocycles. The Balaban J connectivity index is 2.28. The lowest BCUT2D eigenvalue weighted by Gasteiger charge is -2.15.